The summed E-state index contributed by atoms with van der Waals surface area (Å²) in [6.07, 6.45) is 11.5. The second kappa shape index (κ2) is 8.46. The minimum Gasteiger partial charge on any atom is -0.478 e. The summed E-state index contributed by atoms with van der Waals surface area (Å²) in [6, 6.07) is 8.50. The molecule has 2 fully saturated rings. The van der Waals surface area contributed by atoms with E-state index in [1.54, 1.807) is 7.11 Å². The first-order valence-corrected chi connectivity index (χ1v) is 11.4. The Balaban J connectivity index is 1.48. The maximum atomic E-state index is 11.9. The monoisotopic (exact) mass is 418 g/mol. The van der Waals surface area contributed by atoms with E-state index in [0.717, 1.165) is 55.9 Å². The van der Waals surface area contributed by atoms with Gasteiger partial charge in [0.15, 0.2) is 0 Å². The molecule has 2 aromatic heterocycles. The van der Waals surface area contributed by atoms with E-state index >= 15 is 0 Å². The zero-order valence-electron chi connectivity index (χ0n) is 18.1. The molecule has 0 radical (unpaired) electrons. The number of hydrogen-bond acceptors (Lipinski definition) is 3. The van der Waals surface area contributed by atoms with Crippen molar-refractivity contribution in [1.29, 1.82) is 0 Å². The third-order valence-corrected chi connectivity index (χ3v) is 6.59. The number of carboxylic acids is 1. The van der Waals surface area contributed by atoms with Crippen molar-refractivity contribution in [2.45, 2.75) is 57.4 Å². The first kappa shape index (κ1) is 20.3. The minimum absolute atomic E-state index is 0.344. The lowest BCUT2D eigenvalue weighted by Gasteiger charge is -2.13. The third-order valence-electron chi connectivity index (χ3n) is 6.59. The first-order chi connectivity index (χ1) is 15.1. The molecular weight excluding hydrogens is 388 g/mol. The molecule has 2 saturated carbocycles. The fraction of sp³-hybridized carbons (Fsp3) is 0.462. The van der Waals surface area contributed by atoms with Crippen LogP contribution in [0.3, 0.4) is 0 Å². The number of aryl methyl sites for hydroxylation is 1. The Morgan fingerprint density at radius 2 is 2.06 bits per heavy atom. The summed E-state index contributed by atoms with van der Waals surface area (Å²) in [5, 5.41) is 11.0. The van der Waals surface area contributed by atoms with Gasteiger partial charge in [-0.05, 0) is 85.3 Å². The van der Waals surface area contributed by atoms with E-state index in [-0.39, 0.29) is 0 Å². The van der Waals surface area contributed by atoms with Crippen LogP contribution in [0.5, 0.6) is 0 Å². The van der Waals surface area contributed by atoms with E-state index in [1.165, 1.54) is 29.3 Å². The molecule has 0 atom stereocenters. The number of nitrogens with zero attached hydrogens (tertiary/aromatic N) is 2. The Bertz CT molecular complexity index is 1110. The second-order valence-corrected chi connectivity index (χ2v) is 9.22. The highest BCUT2D eigenvalue weighted by Crippen LogP contribution is 2.40. The van der Waals surface area contributed by atoms with Crippen LogP contribution < -0.4 is 0 Å². The van der Waals surface area contributed by atoms with Crippen LogP contribution in [0.1, 0.15) is 70.8 Å². The predicted molar refractivity (Wildman–Crippen MR) is 121 cm³/mol. The van der Waals surface area contributed by atoms with Gasteiger partial charge >= 0.3 is 5.97 Å². The molecule has 5 rings (SSSR count). The molecule has 0 aliphatic heterocycles. The number of ether oxygens (including phenoxy) is 1. The van der Waals surface area contributed by atoms with Gasteiger partial charge < -0.3 is 14.4 Å². The van der Waals surface area contributed by atoms with Gasteiger partial charge in [-0.1, -0.05) is 6.07 Å². The Morgan fingerprint density at radius 1 is 1.23 bits per heavy atom. The quantitative estimate of drug-likeness (QED) is 0.460. The zero-order valence-corrected chi connectivity index (χ0v) is 18.1. The van der Waals surface area contributed by atoms with Crippen LogP contribution in [0, 0.1) is 5.92 Å². The van der Waals surface area contributed by atoms with Crippen LogP contribution in [0.25, 0.3) is 10.9 Å². The fourth-order valence-electron chi connectivity index (χ4n) is 4.61. The van der Waals surface area contributed by atoms with Crippen LogP contribution in [-0.4, -0.2) is 34.3 Å². The third kappa shape index (κ3) is 4.52. The number of fused-ring (bicyclic) bond motifs is 1. The van der Waals surface area contributed by atoms with E-state index in [9.17, 15) is 9.90 Å². The van der Waals surface area contributed by atoms with Crippen molar-refractivity contribution in [3.8, 4) is 0 Å². The van der Waals surface area contributed by atoms with Gasteiger partial charge in [0.2, 0.25) is 0 Å². The number of methoxy groups -OCH3 is 1. The molecule has 2 aliphatic carbocycles. The fourth-order valence-corrected chi connectivity index (χ4v) is 4.61. The van der Waals surface area contributed by atoms with E-state index in [0.29, 0.717) is 23.6 Å². The summed E-state index contributed by atoms with van der Waals surface area (Å²) in [7, 11) is 1.74. The van der Waals surface area contributed by atoms with Crippen molar-refractivity contribution in [1.82, 2.24) is 9.55 Å². The van der Waals surface area contributed by atoms with E-state index in [1.807, 2.05) is 12.3 Å². The van der Waals surface area contributed by atoms with Gasteiger partial charge in [0, 0.05) is 44.5 Å². The lowest BCUT2D eigenvalue weighted by atomic mass is 9.97. The number of hydrogen-bond donors (Lipinski definition) is 1. The van der Waals surface area contributed by atoms with Crippen LogP contribution in [0.4, 0.5) is 0 Å². The van der Waals surface area contributed by atoms with E-state index in [2.05, 4.69) is 33.9 Å². The Hall–Kier alpha value is -2.66. The average molecular weight is 419 g/mol. The van der Waals surface area contributed by atoms with Crippen LogP contribution in [0.2, 0.25) is 0 Å². The van der Waals surface area contributed by atoms with Gasteiger partial charge in [-0.2, -0.15) is 0 Å². The molecule has 0 spiro atoms. The van der Waals surface area contributed by atoms with Crippen LogP contribution >= 0.6 is 0 Å². The Labute approximate surface area is 183 Å². The first-order valence-electron chi connectivity index (χ1n) is 11.4. The summed E-state index contributed by atoms with van der Waals surface area (Å²) in [4.78, 5) is 16.5. The van der Waals surface area contributed by atoms with Gasteiger partial charge in [0.1, 0.15) is 0 Å². The molecule has 0 unspecified atom stereocenters. The Morgan fingerprint density at radius 3 is 2.77 bits per heavy atom. The van der Waals surface area contributed by atoms with Gasteiger partial charge in [-0.3, -0.25) is 4.98 Å². The van der Waals surface area contributed by atoms with Crippen molar-refractivity contribution in [2.75, 3.05) is 13.7 Å². The molecule has 2 aliphatic rings. The zero-order chi connectivity index (χ0) is 21.4. The summed E-state index contributed by atoms with van der Waals surface area (Å²) in [6.45, 7) is 1.83. The lowest BCUT2D eigenvalue weighted by molar-refractivity contribution is 0.0695. The Kier molecular flexibility index (Phi) is 5.53. The standard InChI is InChI=1S/C26H30N2O3/c1-31-10-2-3-20-11-18(12-21-8-9-28(25(20)21)16-17-4-5-17)13-24-23(26(29)30)14-22(15-27-24)19-6-7-19/h8-9,11-12,14-15,17,19H,2-7,10,13,16H2,1H3,(H,29,30). The minimum atomic E-state index is -0.887. The van der Waals surface area contributed by atoms with E-state index in [4.69, 9.17) is 4.74 Å². The summed E-state index contributed by atoms with van der Waals surface area (Å²) in [5.41, 5.74) is 5.82. The average Bonchev–Trinajstić information content (AvgIpc) is 3.67. The number of rotatable bonds is 10. The maximum absolute atomic E-state index is 11.9. The molecule has 0 amide bonds. The van der Waals surface area contributed by atoms with Crippen molar-refractivity contribution >= 4 is 16.9 Å². The number of pyridine rings is 1. The predicted octanol–water partition coefficient (Wildman–Crippen LogP) is 5.19. The molecule has 31 heavy (non-hydrogen) atoms. The van der Waals surface area contributed by atoms with Gasteiger partial charge in [-0.25, -0.2) is 4.79 Å². The van der Waals surface area contributed by atoms with Gasteiger partial charge in [0.05, 0.1) is 16.8 Å². The molecule has 1 aromatic carbocycles. The smallest absolute Gasteiger partial charge is 0.337 e. The number of carboxylic acid groups (broad SMARTS) is 1. The molecule has 0 saturated heterocycles. The van der Waals surface area contributed by atoms with Crippen molar-refractivity contribution in [3.63, 3.8) is 0 Å². The maximum Gasteiger partial charge on any atom is 0.337 e. The van der Waals surface area contributed by atoms with Crippen molar-refractivity contribution in [3.05, 3.63) is 64.6 Å². The lowest BCUT2D eigenvalue weighted by Crippen LogP contribution is -2.07. The van der Waals surface area contributed by atoms with Gasteiger partial charge in [0.25, 0.3) is 0 Å². The number of carbonyl (C=O) groups is 1. The molecule has 5 nitrogen and oxygen atoms in total. The van der Waals surface area contributed by atoms with Crippen molar-refractivity contribution in [2.24, 2.45) is 5.92 Å². The SMILES string of the molecule is COCCCc1cc(Cc2ncc(C3CC3)cc2C(=O)O)cc2ccn(CC3CC3)c12. The summed E-state index contributed by atoms with van der Waals surface area (Å²) >= 11 is 0. The molecule has 162 valence electrons. The van der Waals surface area contributed by atoms with Crippen LogP contribution in [0.15, 0.2) is 36.7 Å². The van der Waals surface area contributed by atoms with Crippen molar-refractivity contribution < 1.29 is 14.6 Å². The largest absolute Gasteiger partial charge is 0.478 e. The van der Waals surface area contributed by atoms with Crippen LogP contribution in [-0.2, 0) is 24.1 Å². The van der Waals surface area contributed by atoms with E-state index < -0.39 is 5.97 Å². The molecular formula is C26H30N2O3. The highest BCUT2D eigenvalue weighted by atomic mass is 16.5. The number of aromatic carboxylic acids is 1. The number of benzene rings is 1. The molecule has 1 N–H and O–H groups in total. The highest BCUT2D eigenvalue weighted by molar-refractivity contribution is 5.89. The highest BCUT2D eigenvalue weighted by Gasteiger charge is 2.26. The van der Waals surface area contributed by atoms with Gasteiger partial charge in [-0.15, -0.1) is 0 Å². The second-order valence-electron chi connectivity index (χ2n) is 9.22. The molecule has 0 bridgehead atoms. The molecule has 2 heterocycles. The summed E-state index contributed by atoms with van der Waals surface area (Å²) in [5.74, 6) is 0.422. The normalized spacial score (nSPS) is 16.2. The summed E-state index contributed by atoms with van der Waals surface area (Å²) < 4.78 is 7.69. The topological polar surface area (TPSA) is 64.3 Å². The molecule has 5 heteroatoms. The molecule has 3 aromatic rings. The number of aromatic nitrogens is 2.